The number of halogens is 1. The van der Waals surface area contributed by atoms with Crippen molar-refractivity contribution in [2.45, 2.75) is 26.7 Å². The molecule has 2 rings (SSSR count). The number of rotatable bonds is 3. The van der Waals surface area contributed by atoms with Crippen LogP contribution in [-0.4, -0.2) is 9.97 Å². The van der Waals surface area contributed by atoms with E-state index < -0.39 is 0 Å². The minimum Gasteiger partial charge on any atom is -0.384 e. The van der Waals surface area contributed by atoms with Gasteiger partial charge in [0.1, 0.15) is 17.5 Å². The Bertz CT molecular complexity index is 596. The van der Waals surface area contributed by atoms with Crippen molar-refractivity contribution >= 4 is 33.3 Å². The largest absolute Gasteiger partial charge is 0.384 e. The molecular weight excluding hydrogens is 304 g/mol. The molecule has 5 heteroatoms. The fourth-order valence-electron chi connectivity index (χ4n) is 1.63. The summed E-state index contributed by atoms with van der Waals surface area (Å²) in [5.41, 5.74) is 7.96. The van der Waals surface area contributed by atoms with Gasteiger partial charge in [0, 0.05) is 22.1 Å². The molecule has 0 aliphatic heterocycles. The molecule has 0 bridgehead atoms. The highest BCUT2D eigenvalue weighted by Crippen LogP contribution is 2.24. The number of anilines is 3. The normalized spacial score (nSPS) is 10.8. The predicted octanol–water partition coefficient (Wildman–Crippen LogP) is 4.00. The molecule has 1 heterocycles. The van der Waals surface area contributed by atoms with Gasteiger partial charge in [0.05, 0.1) is 0 Å². The van der Waals surface area contributed by atoms with E-state index in [1.165, 1.54) is 5.56 Å². The van der Waals surface area contributed by atoms with E-state index in [2.05, 4.69) is 31.2 Å². The maximum Gasteiger partial charge on any atom is 0.136 e. The minimum absolute atomic E-state index is 0.244. The van der Waals surface area contributed by atoms with E-state index in [0.717, 1.165) is 16.0 Å². The van der Waals surface area contributed by atoms with E-state index >= 15 is 0 Å². The average molecular weight is 321 g/mol. The topological polar surface area (TPSA) is 63.8 Å². The monoisotopic (exact) mass is 320 g/mol. The third-order valence-electron chi connectivity index (χ3n) is 2.72. The second-order valence-corrected chi connectivity index (χ2v) is 5.63. The smallest absolute Gasteiger partial charge is 0.136 e. The molecule has 0 atom stereocenters. The fraction of sp³-hybridized carbons (Fsp3) is 0.286. The maximum absolute atomic E-state index is 5.80. The van der Waals surface area contributed by atoms with Gasteiger partial charge < -0.3 is 11.1 Å². The zero-order valence-corrected chi connectivity index (χ0v) is 12.8. The molecule has 2 aromatic rings. The molecule has 100 valence electrons. The summed E-state index contributed by atoms with van der Waals surface area (Å²) < 4.78 is 1.06. The summed E-state index contributed by atoms with van der Waals surface area (Å²) in [6, 6.07) is 7.80. The average Bonchev–Trinajstić information content (AvgIpc) is 2.33. The summed E-state index contributed by atoms with van der Waals surface area (Å²) in [5, 5.41) is 3.25. The zero-order valence-electron chi connectivity index (χ0n) is 11.2. The number of aromatic nitrogens is 2. The van der Waals surface area contributed by atoms with Gasteiger partial charge in [0.2, 0.25) is 0 Å². The first-order valence-electron chi connectivity index (χ1n) is 6.13. The number of hydrogen-bond acceptors (Lipinski definition) is 4. The molecule has 19 heavy (non-hydrogen) atoms. The van der Waals surface area contributed by atoms with E-state index in [4.69, 9.17) is 5.73 Å². The van der Waals surface area contributed by atoms with E-state index in [0.29, 0.717) is 11.6 Å². The van der Waals surface area contributed by atoms with Gasteiger partial charge in [0.15, 0.2) is 0 Å². The number of nitrogens with zero attached hydrogens (tertiary/aromatic N) is 2. The predicted molar refractivity (Wildman–Crippen MR) is 82.7 cm³/mol. The first-order chi connectivity index (χ1) is 8.95. The van der Waals surface area contributed by atoms with Crippen LogP contribution < -0.4 is 11.1 Å². The number of nitrogen functional groups attached to an aromatic ring is 1. The molecule has 0 aliphatic carbocycles. The third-order valence-corrected chi connectivity index (χ3v) is 3.58. The Kier molecular flexibility index (Phi) is 4.04. The fourth-order valence-corrected chi connectivity index (χ4v) is 2.00. The molecule has 4 nitrogen and oxygen atoms in total. The highest BCUT2D eigenvalue weighted by atomic mass is 79.9. The number of hydrogen-bond donors (Lipinski definition) is 2. The molecule has 1 aromatic carbocycles. The summed E-state index contributed by atoms with van der Waals surface area (Å²) in [7, 11) is 0. The quantitative estimate of drug-likeness (QED) is 0.897. The van der Waals surface area contributed by atoms with E-state index in [9.17, 15) is 0 Å². The van der Waals surface area contributed by atoms with Crippen LogP contribution in [0.4, 0.5) is 17.3 Å². The van der Waals surface area contributed by atoms with E-state index in [-0.39, 0.29) is 5.92 Å². The molecule has 0 amide bonds. The van der Waals surface area contributed by atoms with E-state index in [1.54, 1.807) is 6.07 Å². The van der Waals surface area contributed by atoms with Crippen molar-refractivity contribution in [2.24, 2.45) is 0 Å². The van der Waals surface area contributed by atoms with Gasteiger partial charge in [-0.25, -0.2) is 9.97 Å². The van der Waals surface area contributed by atoms with Crippen LogP contribution in [0.15, 0.2) is 28.7 Å². The highest BCUT2D eigenvalue weighted by Gasteiger charge is 2.07. The molecular formula is C14H17BrN4. The van der Waals surface area contributed by atoms with Gasteiger partial charge in [-0.05, 0) is 24.6 Å². The molecule has 0 unspecified atom stereocenters. The minimum atomic E-state index is 0.244. The van der Waals surface area contributed by atoms with Crippen LogP contribution in [0.1, 0.15) is 31.2 Å². The zero-order chi connectivity index (χ0) is 14.0. The summed E-state index contributed by atoms with van der Waals surface area (Å²) in [4.78, 5) is 8.69. The Morgan fingerprint density at radius 2 is 1.95 bits per heavy atom. The van der Waals surface area contributed by atoms with Crippen LogP contribution in [0.3, 0.4) is 0 Å². The lowest BCUT2D eigenvalue weighted by atomic mass is 10.2. The molecule has 1 aromatic heterocycles. The maximum atomic E-state index is 5.80. The standard InChI is InChI=1S/C14H17BrN4/c1-8(2)14-18-12(16)7-13(19-14)17-10-5-4-9(3)11(15)6-10/h4-8H,1-3H3,(H3,16,17,18,19). The lowest BCUT2D eigenvalue weighted by molar-refractivity contribution is 0.779. The molecule has 0 radical (unpaired) electrons. The third kappa shape index (κ3) is 3.44. The Labute approximate surface area is 121 Å². The molecule has 0 fully saturated rings. The summed E-state index contributed by atoms with van der Waals surface area (Å²) in [6.45, 7) is 6.13. The lowest BCUT2D eigenvalue weighted by Crippen LogP contribution is -2.04. The second kappa shape index (κ2) is 5.57. The van der Waals surface area contributed by atoms with Crippen molar-refractivity contribution in [1.29, 1.82) is 0 Å². The lowest BCUT2D eigenvalue weighted by Gasteiger charge is -2.11. The van der Waals surface area contributed by atoms with Crippen molar-refractivity contribution in [3.63, 3.8) is 0 Å². The van der Waals surface area contributed by atoms with Gasteiger partial charge >= 0.3 is 0 Å². The molecule has 0 saturated carbocycles. The Morgan fingerprint density at radius 1 is 1.21 bits per heavy atom. The van der Waals surface area contributed by atoms with Crippen LogP contribution in [-0.2, 0) is 0 Å². The number of nitrogens with one attached hydrogen (secondary N) is 1. The van der Waals surface area contributed by atoms with Crippen LogP contribution in [0, 0.1) is 6.92 Å². The first kappa shape index (κ1) is 13.8. The Balaban J connectivity index is 2.29. The first-order valence-corrected chi connectivity index (χ1v) is 6.92. The van der Waals surface area contributed by atoms with Crippen LogP contribution in [0.25, 0.3) is 0 Å². The number of nitrogens with two attached hydrogens (primary N) is 1. The van der Waals surface area contributed by atoms with Gasteiger partial charge in [-0.3, -0.25) is 0 Å². The number of benzene rings is 1. The van der Waals surface area contributed by atoms with Crippen molar-refractivity contribution < 1.29 is 0 Å². The van der Waals surface area contributed by atoms with Gasteiger partial charge in [-0.2, -0.15) is 0 Å². The molecule has 0 saturated heterocycles. The number of aryl methyl sites for hydroxylation is 1. The van der Waals surface area contributed by atoms with E-state index in [1.807, 2.05) is 39.0 Å². The van der Waals surface area contributed by atoms with Gasteiger partial charge in [-0.15, -0.1) is 0 Å². The Morgan fingerprint density at radius 3 is 2.58 bits per heavy atom. The highest BCUT2D eigenvalue weighted by molar-refractivity contribution is 9.10. The SMILES string of the molecule is Cc1ccc(Nc2cc(N)nc(C(C)C)n2)cc1Br. The molecule has 3 N–H and O–H groups in total. The van der Waals surface area contributed by atoms with Crippen molar-refractivity contribution in [2.75, 3.05) is 11.1 Å². The molecule has 0 aliphatic rings. The summed E-state index contributed by atoms with van der Waals surface area (Å²) >= 11 is 3.51. The summed E-state index contributed by atoms with van der Waals surface area (Å²) in [6.07, 6.45) is 0. The Hall–Kier alpha value is -1.62. The summed E-state index contributed by atoms with van der Waals surface area (Å²) in [5.74, 6) is 2.18. The van der Waals surface area contributed by atoms with Gasteiger partial charge in [-0.1, -0.05) is 35.8 Å². The van der Waals surface area contributed by atoms with Gasteiger partial charge in [0.25, 0.3) is 0 Å². The van der Waals surface area contributed by atoms with Crippen LogP contribution >= 0.6 is 15.9 Å². The van der Waals surface area contributed by atoms with Crippen molar-refractivity contribution in [3.05, 3.63) is 40.1 Å². The second-order valence-electron chi connectivity index (χ2n) is 4.78. The molecule has 0 spiro atoms. The van der Waals surface area contributed by atoms with Crippen molar-refractivity contribution in [1.82, 2.24) is 9.97 Å². The van der Waals surface area contributed by atoms with Crippen LogP contribution in [0.5, 0.6) is 0 Å². The van der Waals surface area contributed by atoms with Crippen LogP contribution in [0.2, 0.25) is 0 Å². The van der Waals surface area contributed by atoms with Crippen molar-refractivity contribution in [3.8, 4) is 0 Å².